The predicted octanol–water partition coefficient (Wildman–Crippen LogP) is 4.70. The highest BCUT2D eigenvalue weighted by atomic mass is 16.5. The average Bonchev–Trinajstić information content (AvgIpc) is 3.33. The van der Waals surface area contributed by atoms with Crippen LogP contribution < -0.4 is 4.74 Å². The maximum atomic E-state index is 13.4. The molecule has 0 atom stereocenters. The van der Waals surface area contributed by atoms with Crippen LogP contribution in [-0.4, -0.2) is 61.3 Å². The molecule has 0 spiro atoms. The standard InChI is InChI=1S/C29H29N3O3/c1-34-24-9-10-27-23(16-24)18-28(31-27)29(33)22-8-7-21(15-20-5-3-2-4-6-20)25(17-22)26(30)19-32-11-13-35-14-12-32/h2-10,16-18,30-31H,11-15,19H2,1H3. The van der Waals surface area contributed by atoms with Crippen molar-refractivity contribution in [2.45, 2.75) is 6.42 Å². The summed E-state index contributed by atoms with van der Waals surface area (Å²) in [4.78, 5) is 18.9. The number of nitrogens with zero attached hydrogens (tertiary/aromatic N) is 1. The Labute approximate surface area is 205 Å². The van der Waals surface area contributed by atoms with Crippen LogP contribution in [0.1, 0.15) is 32.7 Å². The van der Waals surface area contributed by atoms with E-state index in [-0.39, 0.29) is 5.78 Å². The van der Waals surface area contributed by atoms with Crippen LogP contribution in [0.25, 0.3) is 10.9 Å². The Kier molecular flexibility index (Phi) is 6.75. The molecule has 0 bridgehead atoms. The Hall–Kier alpha value is -3.74. The number of aromatic amines is 1. The number of hydrogen-bond acceptors (Lipinski definition) is 5. The zero-order chi connectivity index (χ0) is 24.2. The van der Waals surface area contributed by atoms with Crippen molar-refractivity contribution in [1.29, 1.82) is 5.41 Å². The van der Waals surface area contributed by atoms with Gasteiger partial charge in [-0.2, -0.15) is 0 Å². The Morgan fingerprint density at radius 2 is 1.83 bits per heavy atom. The fourth-order valence-electron chi connectivity index (χ4n) is 4.55. The summed E-state index contributed by atoms with van der Waals surface area (Å²) in [6, 6.07) is 23.5. The first-order valence-electron chi connectivity index (χ1n) is 11.9. The summed E-state index contributed by atoms with van der Waals surface area (Å²) in [5.41, 5.74) is 5.55. The number of ether oxygens (including phenoxy) is 2. The van der Waals surface area contributed by atoms with Gasteiger partial charge < -0.3 is 19.9 Å². The van der Waals surface area contributed by atoms with Crippen LogP contribution in [-0.2, 0) is 11.2 Å². The van der Waals surface area contributed by atoms with Crippen LogP contribution >= 0.6 is 0 Å². The van der Waals surface area contributed by atoms with Gasteiger partial charge in [-0.15, -0.1) is 0 Å². The second-order valence-electron chi connectivity index (χ2n) is 8.87. The third-order valence-electron chi connectivity index (χ3n) is 6.49. The topological polar surface area (TPSA) is 78.4 Å². The van der Waals surface area contributed by atoms with Crippen molar-refractivity contribution in [2.75, 3.05) is 40.0 Å². The SMILES string of the molecule is COc1ccc2[nH]c(C(=O)c3ccc(Cc4ccccc4)c(C(=N)CN4CCOCC4)c3)cc2c1. The summed E-state index contributed by atoms with van der Waals surface area (Å²) in [6.45, 7) is 3.54. The molecule has 6 heteroatoms. The van der Waals surface area contributed by atoms with E-state index in [4.69, 9.17) is 14.9 Å². The number of hydrogen-bond donors (Lipinski definition) is 2. The largest absolute Gasteiger partial charge is 0.497 e. The van der Waals surface area contributed by atoms with E-state index in [1.165, 1.54) is 5.56 Å². The lowest BCUT2D eigenvalue weighted by Gasteiger charge is -2.27. The first-order valence-corrected chi connectivity index (χ1v) is 11.9. The molecule has 0 amide bonds. The lowest BCUT2D eigenvalue weighted by Crippen LogP contribution is -2.39. The van der Waals surface area contributed by atoms with Gasteiger partial charge in [-0.1, -0.05) is 42.5 Å². The fourth-order valence-corrected chi connectivity index (χ4v) is 4.55. The van der Waals surface area contributed by atoms with Crippen molar-refractivity contribution in [1.82, 2.24) is 9.88 Å². The van der Waals surface area contributed by atoms with Gasteiger partial charge in [-0.3, -0.25) is 9.69 Å². The number of carbonyl (C=O) groups excluding carboxylic acids is 1. The van der Waals surface area contributed by atoms with Crippen LogP contribution in [0.15, 0.2) is 72.8 Å². The quantitative estimate of drug-likeness (QED) is 0.291. The van der Waals surface area contributed by atoms with E-state index in [1.54, 1.807) is 7.11 Å². The molecule has 4 aromatic rings. The summed E-state index contributed by atoms with van der Waals surface area (Å²) in [5, 5.41) is 9.86. The average molecular weight is 468 g/mol. The minimum atomic E-state index is -0.0909. The van der Waals surface area contributed by atoms with Crippen LogP contribution in [0.5, 0.6) is 5.75 Å². The number of fused-ring (bicyclic) bond motifs is 1. The Morgan fingerprint density at radius 1 is 1.03 bits per heavy atom. The normalized spacial score (nSPS) is 14.2. The summed E-state index contributed by atoms with van der Waals surface area (Å²) in [7, 11) is 1.63. The Morgan fingerprint density at radius 3 is 2.60 bits per heavy atom. The molecule has 6 nitrogen and oxygen atoms in total. The van der Waals surface area contributed by atoms with Crippen molar-refractivity contribution in [2.24, 2.45) is 0 Å². The molecule has 1 aromatic heterocycles. The molecular formula is C29H29N3O3. The third-order valence-corrected chi connectivity index (χ3v) is 6.49. The molecule has 0 aliphatic carbocycles. The van der Waals surface area contributed by atoms with Crippen LogP contribution in [0.2, 0.25) is 0 Å². The third kappa shape index (κ3) is 5.19. The van der Waals surface area contributed by atoms with E-state index in [0.717, 1.165) is 40.9 Å². The van der Waals surface area contributed by atoms with E-state index >= 15 is 0 Å². The molecule has 1 saturated heterocycles. The van der Waals surface area contributed by atoms with Crippen molar-refractivity contribution in [3.05, 3.63) is 101 Å². The second kappa shape index (κ2) is 10.3. The van der Waals surface area contributed by atoms with Gasteiger partial charge in [-0.05, 0) is 47.9 Å². The van der Waals surface area contributed by atoms with E-state index in [0.29, 0.717) is 43.1 Å². The van der Waals surface area contributed by atoms with Crippen molar-refractivity contribution in [3.63, 3.8) is 0 Å². The highest BCUT2D eigenvalue weighted by molar-refractivity contribution is 6.12. The van der Waals surface area contributed by atoms with Gasteiger partial charge in [0, 0.05) is 41.7 Å². The van der Waals surface area contributed by atoms with Gasteiger partial charge in [0.1, 0.15) is 5.75 Å². The number of rotatable bonds is 8. The molecule has 0 unspecified atom stereocenters. The number of H-pyrrole nitrogens is 1. The van der Waals surface area contributed by atoms with Crippen molar-refractivity contribution >= 4 is 22.4 Å². The number of ketones is 1. The maximum Gasteiger partial charge on any atom is 0.209 e. The number of nitrogens with one attached hydrogen (secondary N) is 2. The van der Waals surface area contributed by atoms with E-state index in [2.05, 4.69) is 22.0 Å². The number of aromatic nitrogens is 1. The number of morpholine rings is 1. The minimum Gasteiger partial charge on any atom is -0.497 e. The first-order chi connectivity index (χ1) is 17.1. The maximum absolute atomic E-state index is 13.4. The summed E-state index contributed by atoms with van der Waals surface area (Å²) < 4.78 is 10.8. The molecule has 178 valence electrons. The monoisotopic (exact) mass is 467 g/mol. The Balaban J connectivity index is 1.47. The van der Waals surface area contributed by atoms with Crippen molar-refractivity contribution in [3.8, 4) is 5.75 Å². The molecular weight excluding hydrogens is 438 g/mol. The van der Waals surface area contributed by atoms with E-state index < -0.39 is 0 Å². The second-order valence-corrected chi connectivity index (χ2v) is 8.87. The van der Waals surface area contributed by atoms with Gasteiger partial charge in [0.25, 0.3) is 0 Å². The molecule has 1 fully saturated rings. The number of carbonyl (C=O) groups is 1. The van der Waals surface area contributed by atoms with E-state index in [1.807, 2.05) is 60.7 Å². The molecule has 1 aliphatic rings. The van der Waals surface area contributed by atoms with Gasteiger partial charge in [-0.25, -0.2) is 0 Å². The van der Waals surface area contributed by atoms with Gasteiger partial charge in [0.2, 0.25) is 5.78 Å². The fraction of sp³-hybridized carbons (Fsp3) is 0.241. The number of methoxy groups -OCH3 is 1. The van der Waals surface area contributed by atoms with Crippen LogP contribution in [0, 0.1) is 5.41 Å². The highest BCUT2D eigenvalue weighted by Gasteiger charge is 2.19. The summed E-state index contributed by atoms with van der Waals surface area (Å²) in [5.74, 6) is 0.659. The summed E-state index contributed by atoms with van der Waals surface area (Å²) >= 11 is 0. The van der Waals surface area contributed by atoms with Crippen LogP contribution in [0.4, 0.5) is 0 Å². The molecule has 3 aromatic carbocycles. The molecule has 0 radical (unpaired) electrons. The highest BCUT2D eigenvalue weighted by Crippen LogP contribution is 2.24. The molecule has 1 aliphatic heterocycles. The Bertz CT molecular complexity index is 1350. The predicted molar refractivity (Wildman–Crippen MR) is 138 cm³/mol. The molecule has 2 N–H and O–H groups in total. The van der Waals surface area contributed by atoms with Crippen LogP contribution in [0.3, 0.4) is 0 Å². The minimum absolute atomic E-state index is 0.0909. The summed E-state index contributed by atoms with van der Waals surface area (Å²) in [6.07, 6.45) is 0.711. The zero-order valence-electron chi connectivity index (χ0n) is 19.8. The zero-order valence-corrected chi connectivity index (χ0v) is 19.8. The lowest BCUT2D eigenvalue weighted by atomic mass is 9.93. The first kappa shape index (κ1) is 23.0. The molecule has 35 heavy (non-hydrogen) atoms. The lowest BCUT2D eigenvalue weighted by molar-refractivity contribution is 0.0453. The van der Waals surface area contributed by atoms with Crippen molar-refractivity contribution < 1.29 is 14.3 Å². The van der Waals surface area contributed by atoms with E-state index in [9.17, 15) is 4.79 Å². The van der Waals surface area contributed by atoms with Gasteiger partial charge in [0.05, 0.1) is 31.7 Å². The molecule has 5 rings (SSSR count). The molecule has 0 saturated carbocycles. The van der Waals surface area contributed by atoms with Gasteiger partial charge in [0.15, 0.2) is 0 Å². The smallest absolute Gasteiger partial charge is 0.209 e. The van der Waals surface area contributed by atoms with Gasteiger partial charge >= 0.3 is 0 Å². The number of benzene rings is 3. The molecule has 2 heterocycles.